The summed E-state index contributed by atoms with van der Waals surface area (Å²) in [7, 11) is 0. The van der Waals surface area contributed by atoms with Crippen molar-refractivity contribution < 1.29 is 9.72 Å². The molecule has 1 saturated heterocycles. The van der Waals surface area contributed by atoms with Crippen molar-refractivity contribution >= 4 is 33.7 Å². The average Bonchev–Trinajstić information content (AvgIpc) is 2.74. The van der Waals surface area contributed by atoms with E-state index in [2.05, 4.69) is 10.3 Å². The number of fused-ring (bicyclic) bond motifs is 1. The van der Waals surface area contributed by atoms with Crippen LogP contribution in [-0.4, -0.2) is 28.9 Å². The highest BCUT2D eigenvalue weighted by Crippen LogP contribution is 2.32. The molecule has 2 heterocycles. The number of carbonyl (C=O) groups is 1. The van der Waals surface area contributed by atoms with E-state index in [4.69, 9.17) is 0 Å². The maximum Gasteiger partial charge on any atom is 0.293 e. The molecule has 1 fully saturated rings. The maximum atomic E-state index is 12.8. The first kappa shape index (κ1) is 17.9. The summed E-state index contributed by atoms with van der Waals surface area (Å²) >= 11 is 0. The molecule has 7 heteroatoms. The molecule has 0 spiro atoms. The van der Waals surface area contributed by atoms with Crippen LogP contribution in [0.1, 0.15) is 29.6 Å². The van der Waals surface area contributed by atoms with Crippen molar-refractivity contribution in [3.05, 3.63) is 70.5 Å². The van der Waals surface area contributed by atoms with Crippen LogP contribution in [0.3, 0.4) is 0 Å². The second-order valence-corrected chi connectivity index (χ2v) is 6.86. The van der Waals surface area contributed by atoms with E-state index in [0.29, 0.717) is 11.4 Å². The molecule has 0 radical (unpaired) electrons. The number of anilines is 2. The Morgan fingerprint density at radius 3 is 2.71 bits per heavy atom. The largest absolute Gasteiger partial charge is 0.366 e. The number of hydrogen-bond donors (Lipinski definition) is 1. The molecule has 0 unspecified atom stereocenters. The Hall–Kier alpha value is -3.48. The van der Waals surface area contributed by atoms with Gasteiger partial charge < -0.3 is 10.2 Å². The SMILES string of the molecule is O=C(Nc1cccc2cnccc12)c1ccc(N2CCCCC2)c([N+](=O)[O-])c1. The lowest BCUT2D eigenvalue weighted by Gasteiger charge is -2.28. The number of nitrogens with zero attached hydrogens (tertiary/aromatic N) is 3. The molecule has 1 aliphatic heterocycles. The summed E-state index contributed by atoms with van der Waals surface area (Å²) in [5.74, 6) is -0.377. The summed E-state index contributed by atoms with van der Waals surface area (Å²) in [5.41, 5.74) is 1.46. The highest BCUT2D eigenvalue weighted by molar-refractivity contribution is 6.09. The molecule has 1 aromatic heterocycles. The average molecular weight is 376 g/mol. The van der Waals surface area contributed by atoms with Gasteiger partial charge in [0.2, 0.25) is 0 Å². The third-order valence-electron chi connectivity index (χ3n) is 5.06. The van der Waals surface area contributed by atoms with Crippen molar-refractivity contribution in [2.24, 2.45) is 0 Å². The van der Waals surface area contributed by atoms with Gasteiger partial charge in [0.05, 0.1) is 4.92 Å². The van der Waals surface area contributed by atoms with Crippen LogP contribution in [0.5, 0.6) is 0 Å². The standard InChI is InChI=1S/C21H20N4O3/c26-21(23-18-6-4-5-16-14-22-10-9-17(16)18)15-7-8-19(20(13-15)25(27)28)24-11-2-1-3-12-24/h4-10,13-14H,1-3,11-12H2,(H,23,26). The molecule has 28 heavy (non-hydrogen) atoms. The van der Waals surface area contributed by atoms with Crippen LogP contribution >= 0.6 is 0 Å². The van der Waals surface area contributed by atoms with Gasteiger partial charge in [0, 0.05) is 53.6 Å². The van der Waals surface area contributed by atoms with Crippen LogP contribution < -0.4 is 10.2 Å². The monoisotopic (exact) mass is 376 g/mol. The molecule has 0 aliphatic carbocycles. The smallest absolute Gasteiger partial charge is 0.293 e. The van der Waals surface area contributed by atoms with Crippen LogP contribution in [0, 0.1) is 10.1 Å². The minimum absolute atomic E-state index is 0.0309. The zero-order valence-electron chi connectivity index (χ0n) is 15.3. The molecule has 142 valence electrons. The highest BCUT2D eigenvalue weighted by Gasteiger charge is 2.23. The number of carbonyl (C=O) groups excluding carboxylic acids is 1. The maximum absolute atomic E-state index is 12.8. The summed E-state index contributed by atoms with van der Waals surface area (Å²) in [5, 5.41) is 16.3. The van der Waals surface area contributed by atoms with E-state index in [1.54, 1.807) is 30.6 Å². The van der Waals surface area contributed by atoms with Crippen molar-refractivity contribution in [2.75, 3.05) is 23.3 Å². The number of piperidine rings is 1. The van der Waals surface area contributed by atoms with Crippen molar-refractivity contribution in [1.82, 2.24) is 4.98 Å². The molecule has 1 amide bonds. The predicted octanol–water partition coefficient (Wildman–Crippen LogP) is 4.39. The fourth-order valence-corrected chi connectivity index (χ4v) is 3.64. The summed E-state index contributed by atoms with van der Waals surface area (Å²) in [4.78, 5) is 30.1. The van der Waals surface area contributed by atoms with Crippen LogP contribution in [0.25, 0.3) is 10.8 Å². The molecular weight excluding hydrogens is 356 g/mol. The first-order chi connectivity index (χ1) is 13.6. The van der Waals surface area contributed by atoms with Crippen molar-refractivity contribution in [3.63, 3.8) is 0 Å². The van der Waals surface area contributed by atoms with E-state index >= 15 is 0 Å². The van der Waals surface area contributed by atoms with E-state index in [0.717, 1.165) is 43.1 Å². The summed E-state index contributed by atoms with van der Waals surface area (Å²) in [6.07, 6.45) is 6.58. The third kappa shape index (κ3) is 3.51. The second kappa shape index (κ2) is 7.64. The summed E-state index contributed by atoms with van der Waals surface area (Å²) < 4.78 is 0. The van der Waals surface area contributed by atoms with Gasteiger partial charge in [-0.1, -0.05) is 12.1 Å². The Morgan fingerprint density at radius 2 is 1.93 bits per heavy atom. The zero-order chi connectivity index (χ0) is 19.5. The van der Waals surface area contributed by atoms with Gasteiger partial charge in [0.1, 0.15) is 5.69 Å². The summed E-state index contributed by atoms with van der Waals surface area (Å²) in [6, 6.07) is 12.1. The number of rotatable bonds is 4. The number of hydrogen-bond acceptors (Lipinski definition) is 5. The van der Waals surface area contributed by atoms with E-state index in [-0.39, 0.29) is 17.2 Å². The van der Waals surface area contributed by atoms with E-state index in [1.807, 2.05) is 23.1 Å². The number of aromatic nitrogens is 1. The fourth-order valence-electron chi connectivity index (χ4n) is 3.64. The molecule has 0 atom stereocenters. The van der Waals surface area contributed by atoms with Crippen molar-refractivity contribution in [1.29, 1.82) is 0 Å². The normalized spacial score (nSPS) is 14.1. The predicted molar refractivity (Wildman–Crippen MR) is 109 cm³/mol. The van der Waals surface area contributed by atoms with Crippen LogP contribution in [0.15, 0.2) is 54.9 Å². The van der Waals surface area contributed by atoms with Gasteiger partial charge in [-0.25, -0.2) is 0 Å². The number of nitro benzene ring substituents is 1. The van der Waals surface area contributed by atoms with E-state index in [9.17, 15) is 14.9 Å². The fraction of sp³-hybridized carbons (Fsp3) is 0.238. The Balaban J connectivity index is 1.64. The topological polar surface area (TPSA) is 88.4 Å². The minimum Gasteiger partial charge on any atom is -0.366 e. The first-order valence-electron chi connectivity index (χ1n) is 9.31. The molecule has 1 aliphatic rings. The molecule has 1 N–H and O–H groups in total. The Bertz CT molecular complexity index is 1040. The Morgan fingerprint density at radius 1 is 1.11 bits per heavy atom. The first-order valence-corrected chi connectivity index (χ1v) is 9.31. The van der Waals surface area contributed by atoms with E-state index in [1.165, 1.54) is 6.07 Å². The number of benzene rings is 2. The minimum atomic E-state index is -0.412. The quantitative estimate of drug-likeness (QED) is 0.539. The van der Waals surface area contributed by atoms with Crippen LogP contribution in [0.2, 0.25) is 0 Å². The molecule has 7 nitrogen and oxygen atoms in total. The van der Waals surface area contributed by atoms with Gasteiger partial charge in [0.25, 0.3) is 11.6 Å². The highest BCUT2D eigenvalue weighted by atomic mass is 16.6. The Kier molecular flexibility index (Phi) is 4.89. The van der Waals surface area contributed by atoms with Crippen molar-refractivity contribution in [2.45, 2.75) is 19.3 Å². The molecule has 0 bridgehead atoms. The zero-order valence-corrected chi connectivity index (χ0v) is 15.3. The Labute approximate surface area is 162 Å². The third-order valence-corrected chi connectivity index (χ3v) is 5.06. The van der Waals surface area contributed by atoms with E-state index < -0.39 is 4.92 Å². The van der Waals surface area contributed by atoms with Gasteiger partial charge in [-0.3, -0.25) is 19.9 Å². The van der Waals surface area contributed by atoms with Gasteiger partial charge in [-0.2, -0.15) is 0 Å². The van der Waals surface area contributed by atoms with Crippen LogP contribution in [0.4, 0.5) is 17.1 Å². The molecule has 0 saturated carbocycles. The lowest BCUT2D eigenvalue weighted by molar-refractivity contribution is -0.384. The lowest BCUT2D eigenvalue weighted by Crippen LogP contribution is -2.30. The molecule has 2 aromatic carbocycles. The number of nitro groups is 1. The number of amides is 1. The molecule has 4 rings (SSSR count). The van der Waals surface area contributed by atoms with Gasteiger partial charge in [0.15, 0.2) is 0 Å². The number of nitrogens with one attached hydrogen (secondary N) is 1. The second-order valence-electron chi connectivity index (χ2n) is 6.86. The molecule has 3 aromatic rings. The van der Waals surface area contributed by atoms with Gasteiger partial charge in [-0.05, 0) is 43.5 Å². The lowest BCUT2D eigenvalue weighted by atomic mass is 10.1. The van der Waals surface area contributed by atoms with Crippen molar-refractivity contribution in [3.8, 4) is 0 Å². The summed E-state index contributed by atoms with van der Waals surface area (Å²) in [6.45, 7) is 1.60. The molecular formula is C21H20N4O3. The van der Waals surface area contributed by atoms with Gasteiger partial charge >= 0.3 is 0 Å². The number of pyridine rings is 1. The van der Waals surface area contributed by atoms with Crippen LogP contribution in [-0.2, 0) is 0 Å². The van der Waals surface area contributed by atoms with Gasteiger partial charge in [-0.15, -0.1) is 0 Å².